The fraction of sp³-hybridized carbons (Fsp3) is 0.444. The standard InChI is InChI=1S/C18H24N2O4/c1-17(2,3)23-15(21)14-11-12-9-7-8-10-13(12)20(14)19-16(22)24-18(4,5)6/h7-11H,1-6H3,(H,19,22). The van der Waals surface area contributed by atoms with Crippen molar-refractivity contribution < 1.29 is 19.1 Å². The van der Waals surface area contributed by atoms with Crippen molar-refractivity contribution in [2.75, 3.05) is 5.43 Å². The molecule has 0 aliphatic heterocycles. The lowest BCUT2D eigenvalue weighted by Crippen LogP contribution is -2.34. The molecule has 1 heterocycles. The quantitative estimate of drug-likeness (QED) is 0.842. The summed E-state index contributed by atoms with van der Waals surface area (Å²) in [5.41, 5.74) is 2.25. The minimum Gasteiger partial charge on any atom is -0.455 e. The van der Waals surface area contributed by atoms with Gasteiger partial charge in [-0.15, -0.1) is 0 Å². The third-order valence-electron chi connectivity index (χ3n) is 2.92. The molecular weight excluding hydrogens is 308 g/mol. The van der Waals surface area contributed by atoms with Crippen molar-refractivity contribution in [3.8, 4) is 0 Å². The van der Waals surface area contributed by atoms with Gasteiger partial charge in [-0.1, -0.05) is 18.2 Å². The number of carbonyl (C=O) groups excluding carboxylic acids is 2. The molecule has 0 spiro atoms. The van der Waals surface area contributed by atoms with Crippen LogP contribution in [0.5, 0.6) is 0 Å². The van der Waals surface area contributed by atoms with Crippen molar-refractivity contribution in [1.82, 2.24) is 4.68 Å². The highest BCUT2D eigenvalue weighted by Crippen LogP contribution is 2.21. The Hall–Kier alpha value is -2.50. The summed E-state index contributed by atoms with van der Waals surface area (Å²) in [5, 5.41) is 0.814. The third-order valence-corrected chi connectivity index (χ3v) is 2.92. The second-order valence-corrected chi connectivity index (χ2v) is 7.54. The maximum atomic E-state index is 12.5. The zero-order valence-corrected chi connectivity index (χ0v) is 15.0. The number of rotatable bonds is 2. The van der Waals surface area contributed by atoms with Crippen LogP contribution in [-0.4, -0.2) is 27.9 Å². The molecule has 1 N–H and O–H groups in total. The maximum absolute atomic E-state index is 12.5. The fourth-order valence-electron chi connectivity index (χ4n) is 2.15. The summed E-state index contributed by atoms with van der Waals surface area (Å²) in [4.78, 5) is 24.6. The predicted octanol–water partition coefficient (Wildman–Crippen LogP) is 4.08. The van der Waals surface area contributed by atoms with Crippen LogP contribution in [0, 0.1) is 0 Å². The van der Waals surface area contributed by atoms with Gasteiger partial charge < -0.3 is 9.47 Å². The van der Waals surface area contributed by atoms with E-state index in [1.807, 2.05) is 18.2 Å². The van der Waals surface area contributed by atoms with Crippen LogP contribution in [0.25, 0.3) is 10.9 Å². The Morgan fingerprint density at radius 3 is 2.12 bits per heavy atom. The van der Waals surface area contributed by atoms with E-state index in [9.17, 15) is 9.59 Å². The van der Waals surface area contributed by atoms with Crippen molar-refractivity contribution >= 4 is 23.0 Å². The first-order valence-corrected chi connectivity index (χ1v) is 7.80. The van der Waals surface area contributed by atoms with Crippen LogP contribution in [0.15, 0.2) is 30.3 Å². The first-order valence-electron chi connectivity index (χ1n) is 7.80. The van der Waals surface area contributed by atoms with Crippen molar-refractivity contribution in [3.05, 3.63) is 36.0 Å². The molecule has 0 saturated heterocycles. The van der Waals surface area contributed by atoms with Crippen molar-refractivity contribution in [2.45, 2.75) is 52.7 Å². The first kappa shape index (κ1) is 17.8. The number of aromatic nitrogens is 1. The predicted molar refractivity (Wildman–Crippen MR) is 92.7 cm³/mol. The molecule has 130 valence electrons. The van der Waals surface area contributed by atoms with Gasteiger partial charge in [0.15, 0.2) is 0 Å². The number of fused-ring (bicyclic) bond motifs is 1. The monoisotopic (exact) mass is 332 g/mol. The molecule has 6 nitrogen and oxygen atoms in total. The van der Waals surface area contributed by atoms with Crippen molar-refractivity contribution in [2.24, 2.45) is 0 Å². The molecule has 0 fully saturated rings. The minimum absolute atomic E-state index is 0.233. The smallest absolute Gasteiger partial charge is 0.426 e. The van der Waals surface area contributed by atoms with Gasteiger partial charge in [0.1, 0.15) is 16.9 Å². The van der Waals surface area contributed by atoms with Gasteiger partial charge in [0, 0.05) is 5.39 Å². The van der Waals surface area contributed by atoms with Gasteiger partial charge in [0.2, 0.25) is 0 Å². The van der Waals surface area contributed by atoms with Crippen LogP contribution < -0.4 is 5.43 Å². The van der Waals surface area contributed by atoms with Gasteiger partial charge in [-0.3, -0.25) is 0 Å². The van der Waals surface area contributed by atoms with E-state index in [4.69, 9.17) is 9.47 Å². The van der Waals surface area contributed by atoms with Crippen molar-refractivity contribution in [3.63, 3.8) is 0 Å². The van der Waals surface area contributed by atoms with Gasteiger partial charge in [-0.05, 0) is 53.7 Å². The molecule has 1 amide bonds. The molecule has 1 aromatic heterocycles. The van der Waals surface area contributed by atoms with E-state index in [2.05, 4.69) is 5.43 Å². The number of amides is 1. The van der Waals surface area contributed by atoms with E-state index < -0.39 is 23.3 Å². The third kappa shape index (κ3) is 4.50. The molecule has 1 aromatic carbocycles. The minimum atomic E-state index is -0.645. The van der Waals surface area contributed by atoms with Gasteiger partial charge >= 0.3 is 12.1 Å². The molecule has 0 unspecified atom stereocenters. The van der Waals surface area contributed by atoms with Crippen LogP contribution in [0.2, 0.25) is 0 Å². The van der Waals surface area contributed by atoms with Crippen molar-refractivity contribution in [1.29, 1.82) is 0 Å². The number of ether oxygens (including phenoxy) is 2. The lowest BCUT2D eigenvalue weighted by molar-refractivity contribution is 0.00598. The largest absolute Gasteiger partial charge is 0.455 e. The number of hydrogen-bond acceptors (Lipinski definition) is 4. The summed E-state index contributed by atoms with van der Waals surface area (Å²) < 4.78 is 12.1. The number of nitrogens with one attached hydrogen (secondary N) is 1. The highest BCUT2D eigenvalue weighted by Gasteiger charge is 2.24. The molecule has 0 radical (unpaired) electrons. The number of nitrogens with zero attached hydrogens (tertiary/aromatic N) is 1. The average molecular weight is 332 g/mol. The van der Waals surface area contributed by atoms with Gasteiger partial charge in [-0.2, -0.15) is 0 Å². The Bertz CT molecular complexity index is 763. The van der Waals surface area contributed by atoms with E-state index in [0.29, 0.717) is 5.52 Å². The Kier molecular flexibility index (Phi) is 4.60. The highest BCUT2D eigenvalue weighted by atomic mass is 16.6. The normalized spacial score (nSPS) is 12.1. The van der Waals surface area contributed by atoms with Crippen LogP contribution >= 0.6 is 0 Å². The first-order chi connectivity index (χ1) is 11.0. The van der Waals surface area contributed by atoms with E-state index >= 15 is 0 Å². The van der Waals surface area contributed by atoms with Gasteiger partial charge in [0.25, 0.3) is 0 Å². The molecule has 0 aliphatic rings. The molecule has 0 saturated carbocycles. The van der Waals surface area contributed by atoms with E-state index in [1.54, 1.807) is 53.7 Å². The molecule has 0 bridgehead atoms. The maximum Gasteiger partial charge on any atom is 0.426 e. The number of hydrogen-bond donors (Lipinski definition) is 1. The number of esters is 1. The summed E-state index contributed by atoms with van der Waals surface area (Å²) in [6, 6.07) is 9.03. The molecule has 24 heavy (non-hydrogen) atoms. The Labute approximate surface area is 141 Å². The Morgan fingerprint density at radius 2 is 1.54 bits per heavy atom. The van der Waals surface area contributed by atoms with E-state index in [-0.39, 0.29) is 5.69 Å². The molecule has 2 rings (SSSR count). The zero-order chi connectivity index (χ0) is 18.1. The summed E-state index contributed by atoms with van der Waals surface area (Å²) >= 11 is 0. The van der Waals surface area contributed by atoms with Gasteiger partial charge in [0.05, 0.1) is 5.52 Å². The summed E-state index contributed by atoms with van der Waals surface area (Å²) in [6.07, 6.45) is -0.645. The Balaban J connectivity index is 2.40. The number of carbonyl (C=O) groups is 2. The lowest BCUT2D eigenvalue weighted by atomic mass is 10.2. The zero-order valence-electron chi connectivity index (χ0n) is 15.0. The lowest BCUT2D eigenvalue weighted by Gasteiger charge is -2.22. The Morgan fingerprint density at radius 1 is 0.958 bits per heavy atom. The number of benzene rings is 1. The summed E-state index contributed by atoms with van der Waals surface area (Å²) in [5.74, 6) is -0.519. The molecule has 6 heteroatoms. The molecular formula is C18H24N2O4. The van der Waals surface area contributed by atoms with Crippen LogP contribution in [-0.2, 0) is 9.47 Å². The summed E-state index contributed by atoms with van der Waals surface area (Å²) in [7, 11) is 0. The molecule has 2 aromatic rings. The summed E-state index contributed by atoms with van der Waals surface area (Å²) in [6.45, 7) is 10.7. The highest BCUT2D eigenvalue weighted by molar-refractivity contribution is 5.97. The van der Waals surface area contributed by atoms with E-state index in [0.717, 1.165) is 5.39 Å². The van der Waals surface area contributed by atoms with Gasteiger partial charge in [-0.25, -0.2) is 19.7 Å². The topological polar surface area (TPSA) is 69.6 Å². The van der Waals surface area contributed by atoms with E-state index in [1.165, 1.54) is 4.68 Å². The van der Waals surface area contributed by atoms with Crippen LogP contribution in [0.3, 0.4) is 0 Å². The molecule has 0 aliphatic carbocycles. The fourth-order valence-corrected chi connectivity index (χ4v) is 2.15. The van der Waals surface area contributed by atoms with Crippen LogP contribution in [0.4, 0.5) is 4.79 Å². The average Bonchev–Trinajstić information content (AvgIpc) is 2.74. The SMILES string of the molecule is CC(C)(C)OC(=O)Nn1c(C(=O)OC(C)(C)C)cc2ccccc21. The second-order valence-electron chi connectivity index (χ2n) is 7.54. The number of para-hydroxylation sites is 1. The molecule has 0 atom stereocenters. The van der Waals surface area contributed by atoms with Crippen LogP contribution in [0.1, 0.15) is 52.0 Å². The second kappa shape index (κ2) is 6.19.